The van der Waals surface area contributed by atoms with Gasteiger partial charge in [0, 0.05) is 22.2 Å². The normalized spacial score (nSPS) is 18.2. The van der Waals surface area contributed by atoms with Crippen molar-refractivity contribution in [2.75, 3.05) is 11.9 Å². The summed E-state index contributed by atoms with van der Waals surface area (Å²) < 4.78 is 24.4. The van der Waals surface area contributed by atoms with E-state index in [-0.39, 0.29) is 30.0 Å². The Morgan fingerprint density at radius 1 is 1.02 bits per heavy atom. The fourth-order valence-electron chi connectivity index (χ4n) is 7.11. The molecule has 14 heteroatoms. The van der Waals surface area contributed by atoms with Crippen molar-refractivity contribution in [3.05, 3.63) is 57.4 Å². The molecule has 2 amide bonds. The van der Waals surface area contributed by atoms with Crippen LogP contribution in [0.3, 0.4) is 0 Å². The van der Waals surface area contributed by atoms with Gasteiger partial charge >= 0.3 is 24.1 Å². The Labute approximate surface area is 304 Å². The van der Waals surface area contributed by atoms with Crippen LogP contribution in [-0.2, 0) is 40.7 Å². The number of aromatic nitrogens is 2. The Bertz CT molecular complexity index is 2010. The van der Waals surface area contributed by atoms with Gasteiger partial charge in [0.2, 0.25) is 5.60 Å². The van der Waals surface area contributed by atoms with Gasteiger partial charge in [-0.15, -0.1) is 0 Å². The zero-order chi connectivity index (χ0) is 38.6. The highest BCUT2D eigenvalue weighted by Gasteiger charge is 2.56. The second-order valence-corrected chi connectivity index (χ2v) is 21.6. The van der Waals surface area contributed by atoms with Crippen LogP contribution in [0.4, 0.5) is 15.3 Å². The van der Waals surface area contributed by atoms with Crippen molar-refractivity contribution in [3.63, 3.8) is 0 Å². The van der Waals surface area contributed by atoms with E-state index < -0.39 is 61.3 Å². The Kier molecular flexibility index (Phi) is 10.1. The third-order valence-electron chi connectivity index (χ3n) is 8.91. The third-order valence-corrected chi connectivity index (χ3v) is 12.6. The maximum absolute atomic E-state index is 14.7. The number of nitrogens with one attached hydrogen (secondary N) is 2. The summed E-state index contributed by atoms with van der Waals surface area (Å²) in [7, 11) is -2.48. The summed E-state index contributed by atoms with van der Waals surface area (Å²) in [6.45, 7) is 20.1. The summed E-state index contributed by atoms with van der Waals surface area (Å²) in [6.07, 6.45) is -1.42. The molecular formula is C38H50N4O9Si. The number of ether oxygens (including phenoxy) is 4. The van der Waals surface area contributed by atoms with Gasteiger partial charge in [-0.2, -0.15) is 0 Å². The van der Waals surface area contributed by atoms with Crippen molar-refractivity contribution in [2.45, 2.75) is 117 Å². The van der Waals surface area contributed by atoms with Gasteiger partial charge < -0.3 is 28.8 Å². The molecule has 2 aliphatic rings. The molecule has 2 aliphatic heterocycles. The summed E-state index contributed by atoms with van der Waals surface area (Å²) in [5.41, 5.74) is -1.01. The predicted octanol–water partition coefficient (Wildman–Crippen LogP) is 6.95. The first-order chi connectivity index (χ1) is 24.0. The first-order valence-electron chi connectivity index (χ1n) is 17.7. The maximum Gasteiger partial charge on any atom is 0.412 e. The van der Waals surface area contributed by atoms with Crippen LogP contribution in [0, 0.1) is 5.92 Å². The van der Waals surface area contributed by atoms with E-state index >= 15 is 0 Å². The van der Waals surface area contributed by atoms with Crippen molar-refractivity contribution in [1.29, 1.82) is 0 Å². The quantitative estimate of drug-likeness (QED) is 0.110. The van der Waals surface area contributed by atoms with Crippen molar-refractivity contribution in [1.82, 2.24) is 14.9 Å². The van der Waals surface area contributed by atoms with Crippen LogP contribution in [0.25, 0.3) is 22.3 Å². The largest absolute Gasteiger partial charge is 0.458 e. The molecule has 2 N–H and O–H groups in total. The monoisotopic (exact) mass is 734 g/mol. The number of carbonyl (C=O) groups is 4. The number of esters is 2. The molecular weight excluding hydrogens is 685 g/mol. The first-order valence-corrected chi connectivity index (χ1v) is 20.9. The van der Waals surface area contributed by atoms with E-state index in [1.807, 2.05) is 6.07 Å². The van der Waals surface area contributed by atoms with Crippen LogP contribution in [0.1, 0.15) is 91.2 Å². The van der Waals surface area contributed by atoms with E-state index in [1.165, 1.54) is 0 Å². The van der Waals surface area contributed by atoms with Crippen LogP contribution in [-0.4, -0.2) is 59.5 Å². The summed E-state index contributed by atoms with van der Waals surface area (Å²) in [6, 6.07) is 9.72. The first kappa shape index (κ1) is 38.5. The lowest BCUT2D eigenvalue weighted by molar-refractivity contribution is -0.190. The molecule has 3 aromatic rings. The molecule has 0 aliphatic carbocycles. The highest BCUT2D eigenvalue weighted by molar-refractivity contribution is 6.78. The number of fused-ring (bicyclic) bond motifs is 5. The predicted molar refractivity (Wildman–Crippen MR) is 199 cm³/mol. The number of alkyl carbamates (subject to hydrolysis) is 1. The van der Waals surface area contributed by atoms with Crippen LogP contribution in [0.2, 0.25) is 19.1 Å². The zero-order valence-corrected chi connectivity index (χ0v) is 32.9. The van der Waals surface area contributed by atoms with E-state index in [2.05, 4.69) is 37.6 Å². The van der Waals surface area contributed by atoms with Gasteiger partial charge in [0.05, 0.1) is 29.0 Å². The van der Waals surface area contributed by atoms with Gasteiger partial charge in [-0.25, -0.2) is 19.4 Å². The number of anilines is 1. The number of rotatable bonds is 8. The summed E-state index contributed by atoms with van der Waals surface area (Å²) >= 11 is 0. The van der Waals surface area contributed by atoms with Gasteiger partial charge in [0.1, 0.15) is 31.5 Å². The average molecular weight is 735 g/mol. The van der Waals surface area contributed by atoms with Crippen LogP contribution >= 0.6 is 0 Å². The lowest BCUT2D eigenvalue weighted by Gasteiger charge is -2.43. The molecule has 0 fully saturated rings. The highest BCUT2D eigenvalue weighted by Crippen LogP contribution is 2.47. The summed E-state index contributed by atoms with van der Waals surface area (Å²) in [4.78, 5) is 71.9. The minimum atomic E-state index is -2.48. The van der Waals surface area contributed by atoms with E-state index in [4.69, 9.17) is 23.9 Å². The number of amides is 2. The zero-order valence-electron chi connectivity index (χ0n) is 31.9. The van der Waals surface area contributed by atoms with Crippen LogP contribution in [0.5, 0.6) is 0 Å². The van der Waals surface area contributed by atoms with E-state index in [0.717, 1.165) is 17.0 Å². The maximum atomic E-state index is 14.7. The summed E-state index contributed by atoms with van der Waals surface area (Å²) in [5.74, 6) is -1.37. The van der Waals surface area contributed by atoms with Crippen LogP contribution < -0.4 is 16.2 Å². The molecule has 0 radical (unpaired) electrons. The van der Waals surface area contributed by atoms with E-state index in [0.29, 0.717) is 28.2 Å². The molecule has 5 rings (SSSR count). The molecule has 280 valence electrons. The fourth-order valence-corrected chi connectivity index (χ4v) is 10.9. The van der Waals surface area contributed by atoms with Gasteiger partial charge in [-0.3, -0.25) is 14.9 Å². The molecule has 2 unspecified atom stereocenters. The smallest absolute Gasteiger partial charge is 0.412 e. The Morgan fingerprint density at radius 2 is 1.67 bits per heavy atom. The molecule has 0 bridgehead atoms. The minimum Gasteiger partial charge on any atom is -0.458 e. The number of cyclic esters (lactones) is 1. The lowest BCUT2D eigenvalue weighted by atomic mass is 9.85. The van der Waals surface area contributed by atoms with Gasteiger partial charge in [0.25, 0.3) is 5.56 Å². The van der Waals surface area contributed by atoms with Crippen molar-refractivity contribution in [2.24, 2.45) is 5.92 Å². The molecule has 2 atom stereocenters. The number of pyridine rings is 2. The second kappa shape index (κ2) is 13.7. The molecule has 0 saturated heterocycles. The highest BCUT2D eigenvalue weighted by atomic mass is 28.3. The molecule has 2 aromatic heterocycles. The molecule has 4 heterocycles. The summed E-state index contributed by atoms with van der Waals surface area (Å²) in [5, 5.41) is 5.88. The minimum absolute atomic E-state index is 0.0236. The topological polar surface area (TPSA) is 164 Å². The number of benzene rings is 1. The van der Waals surface area contributed by atoms with Crippen molar-refractivity contribution < 1.29 is 38.1 Å². The van der Waals surface area contributed by atoms with Crippen molar-refractivity contribution in [3.8, 4) is 11.4 Å². The van der Waals surface area contributed by atoms with E-state index in [1.54, 1.807) is 77.3 Å². The van der Waals surface area contributed by atoms with Gasteiger partial charge in [-0.05, 0) is 84.2 Å². The van der Waals surface area contributed by atoms with Crippen LogP contribution in [0.15, 0.2) is 35.1 Å². The fraction of sp³-hybridized carbons (Fsp3) is 0.526. The molecule has 13 nitrogen and oxygen atoms in total. The molecule has 0 spiro atoms. The second-order valence-electron chi connectivity index (χ2n) is 16.7. The number of hydrogen-bond donors (Lipinski definition) is 2. The Balaban J connectivity index is 1.60. The molecule has 52 heavy (non-hydrogen) atoms. The molecule has 1 aromatic carbocycles. The number of hydrogen-bond acceptors (Lipinski definition) is 10. The lowest BCUT2D eigenvalue weighted by Crippen LogP contribution is -2.54. The van der Waals surface area contributed by atoms with Gasteiger partial charge in [0.15, 0.2) is 0 Å². The number of carbonyl (C=O) groups excluding carboxylic acids is 4. The standard InChI is InChI=1S/C38H50N4O9Si/c1-12-38(49-28(43)18-39-34(46)50-36(4,5)6)25-17-27-30-23(15-22-16-24(13-14-26(22)41-30)40-35(47)51-37(7,8)9)19-42(27)31(44)29(25)32(48-33(38)45)52(10,11)20-21(2)3/h13-17,21,32H,12,18-20H2,1-11H3,(H,39,46)(H,40,47). The van der Waals surface area contributed by atoms with Crippen molar-refractivity contribution >= 4 is 48.8 Å². The SMILES string of the molecule is CCC1(OC(=O)CNC(=O)OC(C)(C)C)C(=O)OC([Si](C)(C)CC(C)C)c2c1cc1n(c2=O)Cc2cc3cc(NC(=O)OC(C)(C)C)ccc3nc2-1. The number of nitrogens with zero attached hydrogens (tertiary/aromatic N) is 2. The average Bonchev–Trinajstić information content (AvgIpc) is 3.35. The Hall–Kier alpha value is -4.72. The Morgan fingerprint density at radius 3 is 2.29 bits per heavy atom. The third kappa shape index (κ3) is 7.86. The van der Waals surface area contributed by atoms with E-state index in [9.17, 15) is 24.0 Å². The molecule has 0 saturated carbocycles. The van der Waals surface area contributed by atoms with Gasteiger partial charge in [-0.1, -0.05) is 39.9 Å².